The first-order valence-corrected chi connectivity index (χ1v) is 13.4. The Kier molecular flexibility index (Phi) is 17.4. The van der Waals surface area contributed by atoms with E-state index in [9.17, 15) is 29.1 Å². The molecule has 0 bridgehead atoms. The Morgan fingerprint density at radius 2 is 1.18 bits per heavy atom. The number of hydrogen-bond acceptors (Lipinski definition) is 9. The molecule has 18 heteroatoms. The highest BCUT2D eigenvalue weighted by Crippen LogP contribution is 2.07. The molecule has 17 nitrogen and oxygen atoms in total. The summed E-state index contributed by atoms with van der Waals surface area (Å²) in [7, 11) is 0. The number of nitrogens with one attached hydrogen (secondary N) is 3. The first kappa shape index (κ1) is 35.2. The Morgan fingerprint density at radius 1 is 0.744 bits per heavy atom. The molecule has 0 radical (unpaired) electrons. The van der Waals surface area contributed by atoms with Crippen LogP contribution in [0.15, 0.2) is 9.98 Å². The normalized spacial score (nSPS) is 13.6. The predicted molar refractivity (Wildman–Crippen MR) is 148 cm³/mol. The van der Waals surface area contributed by atoms with Crippen molar-refractivity contribution in [3.8, 4) is 0 Å². The third-order valence-corrected chi connectivity index (χ3v) is 5.78. The van der Waals surface area contributed by atoms with Gasteiger partial charge in [-0.2, -0.15) is 11.8 Å². The SMILES string of the molecule is CSCCC(NC(=O)C(CCCN=C(N)N)NC(=O)C(CCCN=C(N)N)NC(=O)C(N)CC(N)=O)C(=O)O. The largest absolute Gasteiger partial charge is 0.480 e. The Labute approximate surface area is 230 Å². The number of guanidine groups is 2. The van der Waals surface area contributed by atoms with Crippen LogP contribution in [0, 0.1) is 0 Å². The Bertz CT molecular complexity index is 894. The van der Waals surface area contributed by atoms with Gasteiger partial charge in [-0.05, 0) is 44.1 Å². The Balaban J connectivity index is 5.75. The van der Waals surface area contributed by atoms with E-state index in [4.69, 9.17) is 34.4 Å². The van der Waals surface area contributed by atoms with Crippen molar-refractivity contribution < 1.29 is 29.1 Å². The number of aliphatic carboxylic acids is 1. The fraction of sp³-hybridized carbons (Fsp3) is 0.667. The Morgan fingerprint density at radius 3 is 1.56 bits per heavy atom. The minimum Gasteiger partial charge on any atom is -0.480 e. The van der Waals surface area contributed by atoms with Crippen molar-refractivity contribution in [1.82, 2.24) is 16.0 Å². The van der Waals surface area contributed by atoms with Crippen LogP contribution in [0.1, 0.15) is 38.5 Å². The van der Waals surface area contributed by atoms with E-state index < -0.39 is 60.2 Å². The van der Waals surface area contributed by atoms with Gasteiger partial charge in [-0.1, -0.05) is 0 Å². The summed E-state index contributed by atoms with van der Waals surface area (Å²) in [5.41, 5.74) is 32.0. The maximum absolute atomic E-state index is 13.2. The lowest BCUT2D eigenvalue weighted by Gasteiger charge is -2.25. The second kappa shape index (κ2) is 19.3. The van der Waals surface area contributed by atoms with Gasteiger partial charge in [-0.3, -0.25) is 29.2 Å². The molecular weight excluding hydrogens is 534 g/mol. The van der Waals surface area contributed by atoms with E-state index in [1.54, 1.807) is 6.26 Å². The van der Waals surface area contributed by atoms with Gasteiger partial charge in [0.05, 0.1) is 12.5 Å². The molecule has 0 fully saturated rings. The van der Waals surface area contributed by atoms with Crippen LogP contribution in [0.4, 0.5) is 0 Å². The molecular formula is C21H41N11O6S. The zero-order valence-corrected chi connectivity index (χ0v) is 22.7. The number of primary amides is 1. The van der Waals surface area contributed by atoms with Crippen molar-refractivity contribution in [2.75, 3.05) is 25.1 Å². The molecule has 0 aliphatic carbocycles. The van der Waals surface area contributed by atoms with Crippen LogP contribution < -0.4 is 50.4 Å². The molecule has 0 rings (SSSR count). The van der Waals surface area contributed by atoms with Crippen LogP contribution in [0.5, 0.6) is 0 Å². The van der Waals surface area contributed by atoms with Crippen LogP contribution in [0.2, 0.25) is 0 Å². The van der Waals surface area contributed by atoms with Crippen molar-refractivity contribution in [1.29, 1.82) is 0 Å². The first-order chi connectivity index (χ1) is 18.3. The number of nitrogens with two attached hydrogens (primary N) is 6. The fourth-order valence-corrected chi connectivity index (χ4v) is 3.64. The number of carboxylic acids is 1. The number of aliphatic imine (C=N–C) groups is 2. The second-order valence-electron chi connectivity index (χ2n) is 8.48. The highest BCUT2D eigenvalue weighted by atomic mass is 32.2. The average Bonchev–Trinajstić information content (AvgIpc) is 2.83. The van der Waals surface area contributed by atoms with E-state index in [0.29, 0.717) is 5.75 Å². The molecule has 4 atom stereocenters. The van der Waals surface area contributed by atoms with E-state index >= 15 is 0 Å². The van der Waals surface area contributed by atoms with E-state index in [-0.39, 0.29) is 57.1 Å². The number of carbonyl (C=O) groups excluding carboxylic acids is 4. The molecule has 0 aliphatic heterocycles. The number of carboxylic acid groups (broad SMARTS) is 1. The molecule has 0 aromatic carbocycles. The zero-order valence-electron chi connectivity index (χ0n) is 21.9. The monoisotopic (exact) mass is 575 g/mol. The molecule has 0 aromatic rings. The number of hydrogen-bond donors (Lipinski definition) is 10. The smallest absolute Gasteiger partial charge is 0.326 e. The third-order valence-electron chi connectivity index (χ3n) is 5.14. The van der Waals surface area contributed by atoms with Crippen molar-refractivity contribution in [3.05, 3.63) is 0 Å². The maximum atomic E-state index is 13.2. The zero-order chi connectivity index (χ0) is 30.0. The summed E-state index contributed by atoms with van der Waals surface area (Å²) in [6.07, 6.45) is 2.14. The maximum Gasteiger partial charge on any atom is 0.326 e. The summed E-state index contributed by atoms with van der Waals surface area (Å²) >= 11 is 1.41. The van der Waals surface area contributed by atoms with Gasteiger partial charge in [0.15, 0.2) is 11.9 Å². The molecule has 0 heterocycles. The van der Waals surface area contributed by atoms with Gasteiger partial charge in [0.2, 0.25) is 23.6 Å². The number of nitrogens with zero attached hydrogens (tertiary/aromatic N) is 2. The van der Waals surface area contributed by atoms with Gasteiger partial charge in [-0.15, -0.1) is 0 Å². The molecule has 222 valence electrons. The summed E-state index contributed by atoms with van der Waals surface area (Å²) in [6.45, 7) is 0.297. The van der Waals surface area contributed by atoms with Crippen LogP contribution in [-0.2, 0) is 24.0 Å². The number of amides is 4. The quantitative estimate of drug-likeness (QED) is 0.0373. The summed E-state index contributed by atoms with van der Waals surface area (Å²) in [5, 5.41) is 16.9. The van der Waals surface area contributed by atoms with Crippen LogP contribution >= 0.6 is 11.8 Å². The highest BCUT2D eigenvalue weighted by molar-refractivity contribution is 7.98. The lowest BCUT2D eigenvalue weighted by Crippen LogP contribution is -2.57. The van der Waals surface area contributed by atoms with E-state index in [2.05, 4.69) is 25.9 Å². The average molecular weight is 576 g/mol. The van der Waals surface area contributed by atoms with Gasteiger partial charge < -0.3 is 55.5 Å². The number of thioether (sulfide) groups is 1. The lowest BCUT2D eigenvalue weighted by atomic mass is 10.1. The van der Waals surface area contributed by atoms with Gasteiger partial charge in [0.25, 0.3) is 0 Å². The van der Waals surface area contributed by atoms with Crippen molar-refractivity contribution in [2.24, 2.45) is 44.4 Å². The highest BCUT2D eigenvalue weighted by Gasteiger charge is 2.30. The molecule has 4 unspecified atom stereocenters. The standard InChI is InChI=1S/C21H41N11O6S/c1-39-9-6-14(19(37)38)32-18(36)13(5-3-8-29-21(26)27)31-17(35)12(4-2-7-28-20(24)25)30-16(34)11(22)10-15(23)33/h11-14H,2-10,22H2,1H3,(H2,23,33)(H,30,34)(H,31,35)(H,32,36)(H,37,38)(H4,24,25,28)(H4,26,27,29). The summed E-state index contributed by atoms with van der Waals surface area (Å²) in [5.74, 6) is -4.17. The molecule has 39 heavy (non-hydrogen) atoms. The molecule has 0 aliphatic rings. The van der Waals surface area contributed by atoms with Crippen LogP contribution in [0.25, 0.3) is 0 Å². The summed E-state index contributed by atoms with van der Waals surface area (Å²) < 4.78 is 0. The summed E-state index contributed by atoms with van der Waals surface area (Å²) in [6, 6.07) is -4.85. The second-order valence-corrected chi connectivity index (χ2v) is 9.46. The van der Waals surface area contributed by atoms with Crippen LogP contribution in [0.3, 0.4) is 0 Å². The van der Waals surface area contributed by atoms with E-state index in [1.807, 2.05) is 0 Å². The fourth-order valence-electron chi connectivity index (χ4n) is 3.17. The van der Waals surface area contributed by atoms with Gasteiger partial charge >= 0.3 is 5.97 Å². The van der Waals surface area contributed by atoms with Crippen molar-refractivity contribution >= 4 is 53.3 Å². The minimum atomic E-state index is -1.30. The minimum absolute atomic E-state index is 0.0471. The van der Waals surface area contributed by atoms with Gasteiger partial charge in [0.1, 0.15) is 18.1 Å². The van der Waals surface area contributed by atoms with E-state index in [0.717, 1.165) is 0 Å². The topological polar surface area (TPSA) is 323 Å². The lowest BCUT2D eigenvalue weighted by molar-refractivity contribution is -0.142. The predicted octanol–water partition coefficient (Wildman–Crippen LogP) is -4.41. The molecule has 0 saturated carbocycles. The third kappa shape index (κ3) is 16.6. The van der Waals surface area contributed by atoms with Crippen LogP contribution in [-0.4, -0.2) is 95.9 Å². The van der Waals surface area contributed by atoms with Gasteiger partial charge in [-0.25, -0.2) is 4.79 Å². The van der Waals surface area contributed by atoms with E-state index in [1.165, 1.54) is 11.8 Å². The van der Waals surface area contributed by atoms with Crippen molar-refractivity contribution in [3.63, 3.8) is 0 Å². The molecule has 0 aromatic heterocycles. The first-order valence-electron chi connectivity index (χ1n) is 12.1. The molecule has 0 spiro atoms. The number of rotatable bonds is 20. The Hall–Kier alpha value is -3.80. The summed E-state index contributed by atoms with van der Waals surface area (Å²) in [4.78, 5) is 69.1. The molecule has 16 N–H and O–H groups in total. The molecule has 4 amide bonds. The van der Waals surface area contributed by atoms with Crippen molar-refractivity contribution in [2.45, 2.75) is 62.7 Å². The molecule has 0 saturated heterocycles. The van der Waals surface area contributed by atoms with Gasteiger partial charge in [0, 0.05) is 13.1 Å². The number of carbonyl (C=O) groups is 5.